The van der Waals surface area contributed by atoms with Gasteiger partial charge in [-0.2, -0.15) is 0 Å². The highest BCUT2D eigenvalue weighted by Crippen LogP contribution is 2.26. The lowest BCUT2D eigenvalue weighted by atomic mass is 9.92. The topological polar surface area (TPSA) is 15.7 Å². The minimum atomic E-state index is -0.123. The number of anilines is 1. The summed E-state index contributed by atoms with van der Waals surface area (Å²) in [5, 5.41) is 0. The van der Waals surface area contributed by atoms with Gasteiger partial charge in [0.1, 0.15) is 18.2 Å². The number of para-hydroxylation sites is 1. The Morgan fingerprint density at radius 3 is 2.17 bits per heavy atom. The van der Waals surface area contributed by atoms with Crippen LogP contribution in [-0.4, -0.2) is 37.6 Å². The highest BCUT2D eigenvalue weighted by Gasteiger charge is 2.19. The molecule has 3 aromatic carbocycles. The number of nitrogens with zero attached hydrogens (tertiary/aromatic N) is 2. The predicted octanol–water partition coefficient (Wildman–Crippen LogP) is 6.49. The number of ether oxygens (including phenoxy) is 1. The molecule has 188 valence electrons. The fourth-order valence-corrected chi connectivity index (χ4v) is 4.98. The molecule has 0 radical (unpaired) electrons. The Labute approximate surface area is 221 Å². The smallest absolute Gasteiger partial charge is 0.146 e. The van der Waals surface area contributed by atoms with Gasteiger partial charge in [-0.15, -0.1) is 24.8 Å². The van der Waals surface area contributed by atoms with Crippen molar-refractivity contribution < 1.29 is 9.13 Å². The van der Waals surface area contributed by atoms with Crippen molar-refractivity contribution in [3.63, 3.8) is 0 Å². The Morgan fingerprint density at radius 2 is 1.43 bits per heavy atom. The van der Waals surface area contributed by atoms with Gasteiger partial charge in [0, 0.05) is 32.7 Å². The lowest BCUT2D eigenvalue weighted by Crippen LogP contribution is -2.47. The first-order valence-corrected chi connectivity index (χ1v) is 12.3. The zero-order chi connectivity index (χ0) is 22.5. The monoisotopic (exact) mass is 516 g/mol. The summed E-state index contributed by atoms with van der Waals surface area (Å²) in [4.78, 5) is 4.63. The molecule has 1 aliphatic heterocycles. The van der Waals surface area contributed by atoms with Crippen LogP contribution in [0.15, 0.2) is 66.7 Å². The van der Waals surface area contributed by atoms with E-state index in [-0.39, 0.29) is 30.6 Å². The van der Waals surface area contributed by atoms with Crippen LogP contribution in [0.1, 0.15) is 35.1 Å². The molecule has 1 fully saturated rings. The highest BCUT2D eigenvalue weighted by atomic mass is 35.5. The Balaban J connectivity index is 0.00000171. The van der Waals surface area contributed by atoms with Crippen LogP contribution in [0.4, 0.5) is 10.1 Å². The molecule has 0 spiro atoms. The van der Waals surface area contributed by atoms with Crippen LogP contribution >= 0.6 is 24.8 Å². The largest absolute Gasteiger partial charge is 0.489 e. The minimum absolute atomic E-state index is 0. The van der Waals surface area contributed by atoms with Crippen LogP contribution in [0, 0.1) is 5.82 Å². The molecular formula is C29H35Cl2FN2O. The molecule has 1 heterocycles. The van der Waals surface area contributed by atoms with Gasteiger partial charge >= 0.3 is 0 Å². The molecular weight excluding hydrogens is 482 g/mol. The lowest BCUT2D eigenvalue weighted by Gasteiger charge is -2.36. The second-order valence-corrected chi connectivity index (χ2v) is 9.27. The van der Waals surface area contributed by atoms with E-state index in [0.29, 0.717) is 6.61 Å². The second-order valence-electron chi connectivity index (χ2n) is 9.27. The van der Waals surface area contributed by atoms with Crippen LogP contribution in [0.2, 0.25) is 0 Å². The summed E-state index contributed by atoms with van der Waals surface area (Å²) < 4.78 is 20.1. The number of hydrogen-bond acceptors (Lipinski definition) is 3. The molecule has 0 amide bonds. The number of hydrogen-bond donors (Lipinski definition) is 0. The number of aryl methyl sites for hydroxylation is 2. The van der Waals surface area contributed by atoms with Crippen LogP contribution in [0.25, 0.3) is 0 Å². The van der Waals surface area contributed by atoms with Gasteiger partial charge in [0.2, 0.25) is 0 Å². The zero-order valence-corrected chi connectivity index (χ0v) is 21.8. The maximum atomic E-state index is 14.0. The summed E-state index contributed by atoms with van der Waals surface area (Å²) in [6, 6.07) is 22.5. The zero-order valence-electron chi connectivity index (χ0n) is 20.1. The normalized spacial score (nSPS) is 15.5. The average Bonchev–Trinajstić information content (AvgIpc) is 2.87. The summed E-state index contributed by atoms with van der Waals surface area (Å²) in [5.74, 6) is 0.857. The van der Waals surface area contributed by atoms with Crippen molar-refractivity contribution in [1.82, 2.24) is 4.90 Å². The van der Waals surface area contributed by atoms with Gasteiger partial charge in [-0.1, -0.05) is 42.5 Å². The quantitative estimate of drug-likeness (QED) is 0.356. The molecule has 0 N–H and O–H groups in total. The number of rotatable bonds is 7. The van der Waals surface area contributed by atoms with Crippen molar-refractivity contribution in [3.8, 4) is 5.75 Å². The van der Waals surface area contributed by atoms with Gasteiger partial charge in [0.05, 0.1) is 5.69 Å². The summed E-state index contributed by atoms with van der Waals surface area (Å²) >= 11 is 0. The Hall–Kier alpha value is -2.27. The van der Waals surface area contributed by atoms with E-state index in [1.54, 1.807) is 12.1 Å². The molecule has 1 aliphatic carbocycles. The molecule has 2 aliphatic rings. The molecule has 0 unspecified atom stereocenters. The molecule has 0 atom stereocenters. The molecule has 6 heteroatoms. The average molecular weight is 518 g/mol. The second kappa shape index (κ2) is 13.2. The molecule has 1 saturated heterocycles. The van der Waals surface area contributed by atoms with Gasteiger partial charge in [-0.25, -0.2) is 4.39 Å². The van der Waals surface area contributed by atoms with E-state index >= 15 is 0 Å². The van der Waals surface area contributed by atoms with Crippen molar-refractivity contribution in [2.45, 2.75) is 38.7 Å². The maximum Gasteiger partial charge on any atom is 0.146 e. The van der Waals surface area contributed by atoms with E-state index in [1.807, 2.05) is 12.1 Å². The van der Waals surface area contributed by atoms with E-state index < -0.39 is 0 Å². The standard InChI is InChI=1S/C29H33FN2O.2ClH/c30-28-7-3-4-8-29(28)32-19-17-31(18-20-32)16-15-23-9-11-24(12-10-23)22-33-27-14-13-25-5-1-2-6-26(25)21-27;;/h3-4,7-14,21H,1-2,5-6,15-20,22H2;2*1H. The molecule has 0 saturated carbocycles. The SMILES string of the molecule is Cl.Cl.Fc1ccccc1N1CCN(CCc2ccc(COc3ccc4c(c3)CCCC4)cc2)CC1. The predicted molar refractivity (Wildman–Crippen MR) is 147 cm³/mol. The minimum Gasteiger partial charge on any atom is -0.489 e. The lowest BCUT2D eigenvalue weighted by molar-refractivity contribution is 0.260. The third kappa shape index (κ3) is 7.13. The van der Waals surface area contributed by atoms with Crippen molar-refractivity contribution in [3.05, 3.63) is 94.8 Å². The highest BCUT2D eigenvalue weighted by molar-refractivity contribution is 5.85. The Morgan fingerprint density at radius 1 is 0.743 bits per heavy atom. The molecule has 35 heavy (non-hydrogen) atoms. The third-order valence-electron chi connectivity index (χ3n) is 7.03. The van der Waals surface area contributed by atoms with E-state index in [0.717, 1.165) is 50.6 Å². The van der Waals surface area contributed by atoms with Gasteiger partial charge < -0.3 is 9.64 Å². The van der Waals surface area contributed by atoms with Gasteiger partial charge in [0.25, 0.3) is 0 Å². The fraction of sp³-hybridized carbons (Fsp3) is 0.379. The summed E-state index contributed by atoms with van der Waals surface area (Å²) in [5.41, 5.74) is 6.24. The van der Waals surface area contributed by atoms with Crippen molar-refractivity contribution in [2.75, 3.05) is 37.6 Å². The molecule has 0 aromatic heterocycles. The van der Waals surface area contributed by atoms with Gasteiger partial charge in [-0.05, 0) is 78.6 Å². The summed E-state index contributed by atoms with van der Waals surface area (Å²) in [6.45, 7) is 5.34. The first kappa shape index (κ1) is 27.3. The van der Waals surface area contributed by atoms with E-state index in [2.05, 4.69) is 52.3 Å². The Bertz CT molecular complexity index is 1070. The summed E-state index contributed by atoms with van der Waals surface area (Å²) in [7, 11) is 0. The number of halogens is 3. The third-order valence-corrected chi connectivity index (χ3v) is 7.03. The van der Waals surface area contributed by atoms with E-state index in [1.165, 1.54) is 47.9 Å². The van der Waals surface area contributed by atoms with Crippen LogP contribution in [0.3, 0.4) is 0 Å². The fourth-order valence-electron chi connectivity index (χ4n) is 4.98. The summed E-state index contributed by atoms with van der Waals surface area (Å²) in [6.07, 6.45) is 6.02. The van der Waals surface area contributed by atoms with Crippen LogP contribution in [-0.2, 0) is 25.9 Å². The molecule has 5 rings (SSSR count). The van der Waals surface area contributed by atoms with Gasteiger partial charge in [-0.3, -0.25) is 4.90 Å². The van der Waals surface area contributed by atoms with E-state index in [9.17, 15) is 4.39 Å². The van der Waals surface area contributed by atoms with Crippen molar-refractivity contribution in [1.29, 1.82) is 0 Å². The number of fused-ring (bicyclic) bond motifs is 1. The molecule has 0 bridgehead atoms. The maximum absolute atomic E-state index is 14.0. The first-order valence-electron chi connectivity index (χ1n) is 12.3. The number of benzene rings is 3. The van der Waals surface area contributed by atoms with Crippen molar-refractivity contribution >= 4 is 30.5 Å². The van der Waals surface area contributed by atoms with Gasteiger partial charge in [0.15, 0.2) is 0 Å². The van der Waals surface area contributed by atoms with Crippen molar-refractivity contribution in [2.24, 2.45) is 0 Å². The Kier molecular flexibility index (Phi) is 10.3. The number of piperazine rings is 1. The van der Waals surface area contributed by atoms with Crippen LogP contribution in [0.5, 0.6) is 5.75 Å². The first-order chi connectivity index (χ1) is 16.2. The molecule has 3 aromatic rings. The molecule has 3 nitrogen and oxygen atoms in total. The van der Waals surface area contributed by atoms with Crippen LogP contribution < -0.4 is 9.64 Å². The van der Waals surface area contributed by atoms with E-state index in [4.69, 9.17) is 4.74 Å².